The van der Waals surface area contributed by atoms with Crippen LogP contribution in [0.4, 0.5) is 0 Å². The smallest absolute Gasteiger partial charge is 0.00199 e. The molecule has 0 N–H and O–H groups in total. The maximum Gasteiger partial charge on any atom is -0.00199 e. The summed E-state index contributed by atoms with van der Waals surface area (Å²) in [5, 5.41) is 23.5. The Kier molecular flexibility index (Phi) is 5.45. The van der Waals surface area contributed by atoms with E-state index in [0.717, 1.165) is 0 Å². The largest absolute Gasteiger partial charge is 0.0610 e. The van der Waals surface area contributed by atoms with Gasteiger partial charge in [0.2, 0.25) is 0 Å². The second-order valence-electron chi connectivity index (χ2n) is 15.1. The lowest BCUT2D eigenvalue weighted by Crippen LogP contribution is -1.96. The summed E-state index contributed by atoms with van der Waals surface area (Å²) in [5.74, 6) is 0. The molecule has 0 amide bonds. The molecule has 0 radical (unpaired) electrons. The lowest BCUT2D eigenvalue weighted by molar-refractivity contribution is 1.62. The highest BCUT2D eigenvalue weighted by atomic mass is 14.3. The van der Waals surface area contributed by atoms with Crippen molar-refractivity contribution in [3.05, 3.63) is 182 Å². The van der Waals surface area contributed by atoms with E-state index in [-0.39, 0.29) is 0 Å². The molecule has 0 saturated carbocycles. The molecule has 0 nitrogen and oxygen atoms in total. The van der Waals surface area contributed by atoms with Crippen molar-refractivity contribution in [1.82, 2.24) is 0 Å². The summed E-state index contributed by atoms with van der Waals surface area (Å²) in [5.41, 5.74) is 7.60. The summed E-state index contributed by atoms with van der Waals surface area (Å²) in [7, 11) is 0. The Morgan fingerprint density at radius 1 is 0.185 bits per heavy atom. The highest BCUT2D eigenvalue weighted by molar-refractivity contribution is 6.31. The van der Waals surface area contributed by atoms with E-state index in [9.17, 15) is 0 Å². The summed E-state index contributed by atoms with van der Waals surface area (Å²) in [4.78, 5) is 0. The second kappa shape index (κ2) is 10.3. The van der Waals surface area contributed by atoms with E-state index in [4.69, 9.17) is 0 Å². The first-order valence-corrected chi connectivity index (χ1v) is 18.9. The Hall–Kier alpha value is -7.02. The zero-order chi connectivity index (χ0) is 35.1. The predicted octanol–water partition coefficient (Wildman–Crippen LogP) is 15.4. The van der Waals surface area contributed by atoms with Crippen molar-refractivity contribution >= 4 is 97.0 Å². The van der Waals surface area contributed by atoms with Gasteiger partial charge in [-0.2, -0.15) is 0 Å². The third kappa shape index (κ3) is 3.67. The van der Waals surface area contributed by atoms with Crippen LogP contribution in [0.1, 0.15) is 0 Å². The minimum atomic E-state index is 1.26. The predicted molar refractivity (Wildman–Crippen MR) is 234 cm³/mol. The van der Waals surface area contributed by atoms with Gasteiger partial charge in [0.25, 0.3) is 0 Å². The van der Waals surface area contributed by atoms with E-state index in [1.54, 1.807) is 0 Å². The minimum Gasteiger partial charge on any atom is -0.0610 e. The lowest BCUT2D eigenvalue weighted by atomic mass is 9.80. The van der Waals surface area contributed by atoms with Gasteiger partial charge in [0.15, 0.2) is 0 Å². The average molecular weight is 679 g/mol. The molecule has 0 atom stereocenters. The fraction of sp³-hybridized carbons (Fsp3) is 0. The molecule has 246 valence electrons. The van der Waals surface area contributed by atoms with Crippen LogP contribution in [-0.4, -0.2) is 0 Å². The van der Waals surface area contributed by atoms with E-state index in [2.05, 4.69) is 182 Å². The van der Waals surface area contributed by atoms with Gasteiger partial charge in [-0.1, -0.05) is 164 Å². The highest BCUT2D eigenvalue weighted by Crippen LogP contribution is 2.51. The first-order chi connectivity index (χ1) is 26.8. The fourth-order valence-electron chi connectivity index (χ4n) is 10.2. The molecule has 0 aliphatic heterocycles. The molecule has 13 rings (SSSR count). The van der Waals surface area contributed by atoms with Gasteiger partial charge < -0.3 is 0 Å². The van der Waals surface area contributed by atoms with Crippen molar-refractivity contribution in [3.63, 3.8) is 0 Å². The van der Waals surface area contributed by atoms with Crippen molar-refractivity contribution in [1.29, 1.82) is 0 Å². The van der Waals surface area contributed by atoms with Crippen LogP contribution in [0.3, 0.4) is 0 Å². The van der Waals surface area contributed by atoms with Crippen LogP contribution >= 0.6 is 0 Å². The van der Waals surface area contributed by atoms with Gasteiger partial charge in [-0.05, 0) is 149 Å². The molecule has 0 spiro atoms. The molecule has 0 fully saturated rings. The van der Waals surface area contributed by atoms with Gasteiger partial charge in [0, 0.05) is 0 Å². The van der Waals surface area contributed by atoms with Crippen molar-refractivity contribution in [2.75, 3.05) is 0 Å². The van der Waals surface area contributed by atoms with Gasteiger partial charge in [0.05, 0.1) is 0 Å². The van der Waals surface area contributed by atoms with Crippen LogP contribution in [0, 0.1) is 0 Å². The summed E-state index contributed by atoms with van der Waals surface area (Å²) < 4.78 is 0. The van der Waals surface area contributed by atoms with Crippen molar-refractivity contribution in [2.45, 2.75) is 0 Å². The summed E-state index contributed by atoms with van der Waals surface area (Å²) >= 11 is 0. The molecular weight excluding hydrogens is 649 g/mol. The van der Waals surface area contributed by atoms with E-state index in [1.165, 1.54) is 130 Å². The lowest BCUT2D eigenvalue weighted by Gasteiger charge is -2.23. The van der Waals surface area contributed by atoms with Crippen molar-refractivity contribution in [2.24, 2.45) is 0 Å². The SMILES string of the molecule is c1cc(-c2cc3cccc4ccc5cccc2c5c43)c(-c2cc3cccc4ccc5cccc2c5c43)c(-c2cc3cccc4ccc5cccc2c5c43)c1. The van der Waals surface area contributed by atoms with Crippen molar-refractivity contribution < 1.29 is 0 Å². The molecule has 13 aromatic rings. The molecule has 0 aliphatic carbocycles. The van der Waals surface area contributed by atoms with Gasteiger partial charge in [-0.25, -0.2) is 0 Å². The van der Waals surface area contributed by atoms with E-state index < -0.39 is 0 Å². The Balaban J connectivity index is 1.25. The molecule has 0 saturated heterocycles. The molecule has 54 heavy (non-hydrogen) atoms. The van der Waals surface area contributed by atoms with E-state index >= 15 is 0 Å². The molecule has 0 heteroatoms. The van der Waals surface area contributed by atoms with Crippen LogP contribution in [0.2, 0.25) is 0 Å². The number of benzene rings is 13. The molecule has 0 aromatic heterocycles. The Morgan fingerprint density at radius 2 is 0.463 bits per heavy atom. The maximum atomic E-state index is 2.48. The summed E-state index contributed by atoms with van der Waals surface area (Å²) in [6.45, 7) is 0. The molecule has 13 aromatic carbocycles. The monoisotopic (exact) mass is 678 g/mol. The third-order valence-electron chi connectivity index (χ3n) is 12.4. The molecule has 0 heterocycles. The zero-order valence-electron chi connectivity index (χ0n) is 29.3. The second-order valence-corrected chi connectivity index (χ2v) is 15.1. The molecular formula is C54H30. The minimum absolute atomic E-state index is 1.26. The van der Waals surface area contributed by atoms with E-state index in [1.807, 2.05) is 0 Å². The van der Waals surface area contributed by atoms with Crippen molar-refractivity contribution in [3.8, 4) is 33.4 Å². The van der Waals surface area contributed by atoms with E-state index in [0.29, 0.717) is 0 Å². The quantitative estimate of drug-likeness (QED) is 0.163. The third-order valence-corrected chi connectivity index (χ3v) is 12.4. The summed E-state index contributed by atoms with van der Waals surface area (Å²) in [6.07, 6.45) is 0. The Labute approximate surface area is 311 Å². The van der Waals surface area contributed by atoms with Crippen LogP contribution in [0.15, 0.2) is 182 Å². The highest BCUT2D eigenvalue weighted by Gasteiger charge is 2.23. The normalized spacial score (nSPS) is 12.4. The number of hydrogen-bond acceptors (Lipinski definition) is 0. The Bertz CT molecular complexity index is 3490. The molecule has 0 unspecified atom stereocenters. The van der Waals surface area contributed by atoms with Crippen LogP contribution in [0.25, 0.3) is 130 Å². The van der Waals surface area contributed by atoms with Crippen LogP contribution < -0.4 is 0 Å². The number of hydrogen-bond donors (Lipinski definition) is 0. The van der Waals surface area contributed by atoms with Gasteiger partial charge in [-0.15, -0.1) is 0 Å². The van der Waals surface area contributed by atoms with Gasteiger partial charge in [0.1, 0.15) is 0 Å². The standard InChI is InChI=1S/C54H30/c1-8-31-22-25-34-11-4-17-40-45(28-37(14-1)48(31)51(34)40)42-20-7-21-43(46-29-38-15-2-9-32-23-26-35-12-5-18-41(46)52(35)49(32)38)54(42)47-30-39-16-3-10-33-24-27-36-13-6-19-44(47)53(36)50(33)39/h1-30H. The van der Waals surface area contributed by atoms with Gasteiger partial charge >= 0.3 is 0 Å². The molecule has 0 aliphatic rings. The fourth-order valence-corrected chi connectivity index (χ4v) is 10.2. The average Bonchev–Trinajstić information content (AvgIpc) is 3.23. The zero-order valence-corrected chi connectivity index (χ0v) is 29.3. The first-order valence-electron chi connectivity index (χ1n) is 18.9. The Morgan fingerprint density at radius 3 is 0.852 bits per heavy atom. The number of rotatable bonds is 3. The topological polar surface area (TPSA) is 0 Å². The summed E-state index contributed by atoms with van der Waals surface area (Å²) in [6, 6.07) is 68.9. The van der Waals surface area contributed by atoms with Gasteiger partial charge in [-0.3, -0.25) is 0 Å². The maximum absolute atomic E-state index is 2.48. The van der Waals surface area contributed by atoms with Crippen LogP contribution in [0.5, 0.6) is 0 Å². The van der Waals surface area contributed by atoms with Crippen LogP contribution in [-0.2, 0) is 0 Å². The first kappa shape index (κ1) is 28.6. The molecule has 0 bridgehead atoms.